The average molecular weight is 305 g/mol. The van der Waals surface area contributed by atoms with Crippen molar-refractivity contribution in [1.82, 2.24) is 5.32 Å². The van der Waals surface area contributed by atoms with E-state index in [1.807, 2.05) is 32.9 Å². The minimum absolute atomic E-state index is 0.1000. The fourth-order valence-electron chi connectivity index (χ4n) is 1.12. The van der Waals surface area contributed by atoms with Gasteiger partial charge in [0.1, 0.15) is 0 Å². The lowest BCUT2D eigenvalue weighted by molar-refractivity contribution is -0.124. The van der Waals surface area contributed by atoms with E-state index in [1.165, 1.54) is 0 Å². The molecule has 5 heteroatoms. The summed E-state index contributed by atoms with van der Waals surface area (Å²) in [5.74, 6) is -0.1000. The number of rotatable bonds is 3. The quantitative estimate of drug-likeness (QED) is 0.901. The highest BCUT2D eigenvalue weighted by Gasteiger charge is 2.27. The molecule has 3 N–H and O–H groups in total. The molecule has 1 atom stereocenters. The minimum atomic E-state index is -0.476. The topological polar surface area (TPSA) is 55.1 Å². The highest BCUT2D eigenvalue weighted by molar-refractivity contribution is 9.11. The highest BCUT2D eigenvalue weighted by Crippen LogP contribution is 2.22. The van der Waals surface area contributed by atoms with E-state index in [0.717, 1.165) is 8.66 Å². The molecule has 0 aliphatic heterocycles. The first-order chi connectivity index (χ1) is 7.30. The Kier molecular flexibility index (Phi) is 4.52. The van der Waals surface area contributed by atoms with Crippen LogP contribution in [0.5, 0.6) is 0 Å². The third-order valence-electron chi connectivity index (χ3n) is 2.28. The monoisotopic (exact) mass is 304 g/mol. The first-order valence-corrected chi connectivity index (χ1v) is 6.69. The standard InChI is InChI=1S/C11H17BrN2OS/c1-11(2,3)9(13)10(15)14-6-7-4-5-8(12)16-7/h4-5,9H,6,13H2,1-3H3,(H,14,15). The van der Waals surface area contributed by atoms with Gasteiger partial charge in [-0.2, -0.15) is 0 Å². The predicted molar refractivity (Wildman–Crippen MR) is 71.3 cm³/mol. The van der Waals surface area contributed by atoms with Gasteiger partial charge in [-0.25, -0.2) is 0 Å². The van der Waals surface area contributed by atoms with Crippen molar-refractivity contribution >= 4 is 33.2 Å². The average Bonchev–Trinajstić information content (AvgIpc) is 2.58. The summed E-state index contributed by atoms with van der Waals surface area (Å²) in [6, 6.07) is 3.48. The second-order valence-electron chi connectivity index (χ2n) is 4.77. The Morgan fingerprint density at radius 1 is 1.56 bits per heavy atom. The molecule has 1 unspecified atom stereocenters. The maximum atomic E-state index is 11.7. The summed E-state index contributed by atoms with van der Waals surface area (Å²) >= 11 is 4.99. The van der Waals surface area contributed by atoms with E-state index in [9.17, 15) is 4.79 Å². The zero-order chi connectivity index (χ0) is 12.3. The fourth-order valence-corrected chi connectivity index (χ4v) is 2.55. The molecule has 0 aromatic carbocycles. The molecule has 16 heavy (non-hydrogen) atoms. The van der Waals surface area contributed by atoms with Crippen LogP contribution in [0.1, 0.15) is 25.6 Å². The number of halogens is 1. The zero-order valence-electron chi connectivity index (χ0n) is 9.71. The molecule has 0 spiro atoms. The van der Waals surface area contributed by atoms with Crippen LogP contribution >= 0.6 is 27.3 Å². The maximum absolute atomic E-state index is 11.7. The maximum Gasteiger partial charge on any atom is 0.237 e. The van der Waals surface area contributed by atoms with Crippen molar-refractivity contribution in [3.8, 4) is 0 Å². The van der Waals surface area contributed by atoms with Gasteiger partial charge in [0, 0.05) is 4.88 Å². The van der Waals surface area contributed by atoms with Gasteiger partial charge in [0.15, 0.2) is 0 Å². The van der Waals surface area contributed by atoms with E-state index in [-0.39, 0.29) is 11.3 Å². The first-order valence-electron chi connectivity index (χ1n) is 5.08. The summed E-state index contributed by atoms with van der Waals surface area (Å²) in [6.07, 6.45) is 0. The van der Waals surface area contributed by atoms with E-state index in [0.29, 0.717) is 6.54 Å². The summed E-state index contributed by atoms with van der Waals surface area (Å²) in [6.45, 7) is 6.41. The second kappa shape index (κ2) is 5.29. The number of nitrogens with one attached hydrogen (secondary N) is 1. The molecule has 90 valence electrons. The zero-order valence-corrected chi connectivity index (χ0v) is 12.1. The molecular weight excluding hydrogens is 288 g/mol. The summed E-state index contributed by atoms with van der Waals surface area (Å²) in [4.78, 5) is 12.8. The van der Waals surface area contributed by atoms with Gasteiger partial charge in [0.2, 0.25) is 5.91 Å². The molecule has 1 rings (SSSR count). The number of carbonyl (C=O) groups excluding carboxylic acids is 1. The van der Waals surface area contributed by atoms with Gasteiger partial charge in [-0.3, -0.25) is 4.79 Å². The normalized spacial score (nSPS) is 13.6. The first kappa shape index (κ1) is 13.7. The van der Waals surface area contributed by atoms with Crippen LogP contribution in [0.4, 0.5) is 0 Å². The lowest BCUT2D eigenvalue weighted by atomic mass is 9.87. The Morgan fingerprint density at radius 2 is 2.19 bits per heavy atom. The summed E-state index contributed by atoms with van der Waals surface area (Å²) in [5, 5.41) is 2.84. The molecule has 0 saturated carbocycles. The van der Waals surface area contributed by atoms with Gasteiger partial charge < -0.3 is 11.1 Å². The van der Waals surface area contributed by atoms with Crippen LogP contribution in [0, 0.1) is 5.41 Å². The molecule has 0 bridgehead atoms. The van der Waals surface area contributed by atoms with Crippen molar-refractivity contribution in [2.24, 2.45) is 11.1 Å². The van der Waals surface area contributed by atoms with Crippen LogP contribution in [0.3, 0.4) is 0 Å². The SMILES string of the molecule is CC(C)(C)C(N)C(=O)NCc1ccc(Br)s1. The minimum Gasteiger partial charge on any atom is -0.350 e. The number of thiophene rings is 1. The summed E-state index contributed by atoms with van der Waals surface area (Å²) in [7, 11) is 0. The number of hydrogen-bond donors (Lipinski definition) is 2. The van der Waals surface area contributed by atoms with Gasteiger partial charge in [0.05, 0.1) is 16.4 Å². The lowest BCUT2D eigenvalue weighted by Crippen LogP contribution is -2.48. The van der Waals surface area contributed by atoms with Gasteiger partial charge in [-0.05, 0) is 33.5 Å². The molecule has 0 aliphatic carbocycles. The molecule has 1 aromatic heterocycles. The van der Waals surface area contributed by atoms with Crippen molar-refractivity contribution in [2.45, 2.75) is 33.4 Å². The van der Waals surface area contributed by atoms with Crippen molar-refractivity contribution in [1.29, 1.82) is 0 Å². The Balaban J connectivity index is 2.47. The molecule has 1 aromatic rings. The van der Waals surface area contributed by atoms with E-state index in [2.05, 4.69) is 21.2 Å². The summed E-state index contributed by atoms with van der Waals surface area (Å²) < 4.78 is 1.07. The van der Waals surface area contributed by atoms with Crippen LogP contribution in [-0.4, -0.2) is 11.9 Å². The van der Waals surface area contributed by atoms with E-state index >= 15 is 0 Å². The second-order valence-corrected chi connectivity index (χ2v) is 7.31. The fraction of sp³-hybridized carbons (Fsp3) is 0.545. The molecule has 0 radical (unpaired) electrons. The van der Waals surface area contributed by atoms with Gasteiger partial charge in [0.25, 0.3) is 0 Å². The van der Waals surface area contributed by atoms with Gasteiger partial charge in [-0.15, -0.1) is 11.3 Å². The van der Waals surface area contributed by atoms with Crippen LogP contribution in [0.25, 0.3) is 0 Å². The molecule has 3 nitrogen and oxygen atoms in total. The Hall–Kier alpha value is -0.390. The van der Waals surface area contributed by atoms with Crippen LogP contribution in [-0.2, 0) is 11.3 Å². The molecule has 1 amide bonds. The van der Waals surface area contributed by atoms with Gasteiger partial charge >= 0.3 is 0 Å². The van der Waals surface area contributed by atoms with Crippen molar-refractivity contribution in [3.63, 3.8) is 0 Å². The Labute approximate surface area is 109 Å². The molecule has 1 heterocycles. The third-order valence-corrected chi connectivity index (χ3v) is 3.90. The van der Waals surface area contributed by atoms with Crippen LogP contribution in [0.15, 0.2) is 15.9 Å². The number of carbonyl (C=O) groups is 1. The predicted octanol–water partition coefficient (Wildman–Crippen LogP) is 2.50. The number of nitrogens with two attached hydrogens (primary N) is 1. The molecule has 0 fully saturated rings. The molecule has 0 aliphatic rings. The number of hydrogen-bond acceptors (Lipinski definition) is 3. The van der Waals surface area contributed by atoms with Gasteiger partial charge in [-0.1, -0.05) is 20.8 Å². The van der Waals surface area contributed by atoms with Crippen LogP contribution < -0.4 is 11.1 Å². The number of amides is 1. The Morgan fingerprint density at radius 3 is 2.62 bits per heavy atom. The summed E-state index contributed by atoms with van der Waals surface area (Å²) in [5.41, 5.74) is 5.64. The Bertz CT molecular complexity index is 370. The van der Waals surface area contributed by atoms with Crippen molar-refractivity contribution < 1.29 is 4.79 Å². The molecular formula is C11H17BrN2OS. The van der Waals surface area contributed by atoms with Crippen molar-refractivity contribution in [3.05, 3.63) is 20.8 Å². The lowest BCUT2D eigenvalue weighted by Gasteiger charge is -2.25. The molecule has 0 saturated heterocycles. The largest absolute Gasteiger partial charge is 0.350 e. The van der Waals surface area contributed by atoms with E-state index in [1.54, 1.807) is 11.3 Å². The third kappa shape index (κ3) is 3.88. The van der Waals surface area contributed by atoms with Crippen molar-refractivity contribution in [2.75, 3.05) is 0 Å². The highest BCUT2D eigenvalue weighted by atomic mass is 79.9. The van der Waals surface area contributed by atoms with Crippen LogP contribution in [0.2, 0.25) is 0 Å². The van der Waals surface area contributed by atoms with E-state index in [4.69, 9.17) is 5.73 Å². The smallest absolute Gasteiger partial charge is 0.237 e. The van der Waals surface area contributed by atoms with E-state index < -0.39 is 6.04 Å².